The molecule has 1 unspecified atom stereocenters. The number of nitrogens with zero attached hydrogens (tertiary/aromatic N) is 2. The summed E-state index contributed by atoms with van der Waals surface area (Å²) in [5.41, 5.74) is 6.90. The lowest BCUT2D eigenvalue weighted by Gasteiger charge is -2.23. The third-order valence-corrected chi connectivity index (χ3v) is 3.24. The number of imidazole rings is 1. The van der Waals surface area contributed by atoms with Crippen molar-refractivity contribution in [3.8, 4) is 0 Å². The molecule has 16 heavy (non-hydrogen) atoms. The molecule has 0 aromatic carbocycles. The minimum absolute atomic E-state index is 0.334. The van der Waals surface area contributed by atoms with Crippen molar-refractivity contribution in [3.63, 3.8) is 0 Å². The maximum Gasteiger partial charge on any atom is 0.269 e. The van der Waals surface area contributed by atoms with E-state index in [0.29, 0.717) is 17.5 Å². The Morgan fingerprint density at radius 2 is 2.25 bits per heavy atom. The van der Waals surface area contributed by atoms with Crippen molar-refractivity contribution in [1.29, 1.82) is 0 Å². The summed E-state index contributed by atoms with van der Waals surface area (Å²) in [6.45, 7) is 7.36. The Morgan fingerprint density at radius 3 is 2.81 bits per heavy atom. The molecule has 0 bridgehead atoms. The highest BCUT2D eigenvalue weighted by molar-refractivity contribution is 5.92. The van der Waals surface area contributed by atoms with Gasteiger partial charge in [-0.1, -0.05) is 20.8 Å². The molecule has 1 atom stereocenters. The van der Waals surface area contributed by atoms with Crippen LogP contribution in [0.4, 0.5) is 0 Å². The Labute approximate surface area is 95.9 Å². The number of amides is 1. The van der Waals surface area contributed by atoms with Gasteiger partial charge in [0.05, 0.1) is 5.69 Å². The molecule has 1 aliphatic heterocycles. The largest absolute Gasteiger partial charge is 0.364 e. The average Bonchev–Trinajstić information content (AvgIpc) is 2.56. The topological polar surface area (TPSA) is 60.9 Å². The second-order valence-corrected chi connectivity index (χ2v) is 5.03. The maximum atomic E-state index is 11.4. The van der Waals surface area contributed by atoms with Gasteiger partial charge in [0.2, 0.25) is 0 Å². The van der Waals surface area contributed by atoms with Gasteiger partial charge in [-0.2, -0.15) is 0 Å². The van der Waals surface area contributed by atoms with E-state index in [0.717, 1.165) is 30.9 Å². The minimum Gasteiger partial charge on any atom is -0.364 e. The summed E-state index contributed by atoms with van der Waals surface area (Å²) in [5.74, 6) is 1.54. The van der Waals surface area contributed by atoms with Crippen LogP contribution in [0.25, 0.3) is 0 Å². The molecule has 0 saturated heterocycles. The SMILES string of the molecule is CC1CCn2c(C(C)C)nc(C(N)=O)c2C1. The molecular weight excluding hydrogens is 202 g/mol. The number of rotatable bonds is 2. The normalized spacial score (nSPS) is 19.9. The van der Waals surface area contributed by atoms with Gasteiger partial charge in [0.15, 0.2) is 0 Å². The highest BCUT2D eigenvalue weighted by atomic mass is 16.1. The van der Waals surface area contributed by atoms with Crippen molar-refractivity contribution < 1.29 is 4.79 Å². The Hall–Kier alpha value is -1.32. The summed E-state index contributed by atoms with van der Waals surface area (Å²) in [7, 11) is 0. The molecule has 1 amide bonds. The number of hydrogen-bond donors (Lipinski definition) is 1. The van der Waals surface area contributed by atoms with Crippen LogP contribution in [0.15, 0.2) is 0 Å². The Balaban J connectivity index is 2.53. The van der Waals surface area contributed by atoms with Crippen LogP contribution in [0, 0.1) is 5.92 Å². The van der Waals surface area contributed by atoms with Crippen molar-refractivity contribution in [2.75, 3.05) is 0 Å². The van der Waals surface area contributed by atoms with E-state index in [2.05, 4.69) is 30.3 Å². The van der Waals surface area contributed by atoms with Gasteiger partial charge in [-0.3, -0.25) is 4.79 Å². The van der Waals surface area contributed by atoms with E-state index in [1.165, 1.54) is 0 Å². The molecule has 2 N–H and O–H groups in total. The van der Waals surface area contributed by atoms with Crippen molar-refractivity contribution in [1.82, 2.24) is 9.55 Å². The van der Waals surface area contributed by atoms with Crippen LogP contribution in [0.5, 0.6) is 0 Å². The second-order valence-electron chi connectivity index (χ2n) is 5.03. The summed E-state index contributed by atoms with van der Waals surface area (Å²) < 4.78 is 2.19. The molecule has 0 fully saturated rings. The van der Waals surface area contributed by atoms with E-state index in [4.69, 9.17) is 5.73 Å². The van der Waals surface area contributed by atoms with Gasteiger partial charge in [-0.05, 0) is 18.8 Å². The average molecular weight is 221 g/mol. The van der Waals surface area contributed by atoms with Crippen LogP contribution in [0.3, 0.4) is 0 Å². The van der Waals surface area contributed by atoms with E-state index in [1.807, 2.05) is 0 Å². The third-order valence-electron chi connectivity index (χ3n) is 3.24. The monoisotopic (exact) mass is 221 g/mol. The predicted molar refractivity (Wildman–Crippen MR) is 62.3 cm³/mol. The van der Waals surface area contributed by atoms with E-state index in [-0.39, 0.29) is 0 Å². The van der Waals surface area contributed by atoms with Gasteiger partial charge in [0, 0.05) is 12.5 Å². The molecule has 1 aromatic heterocycles. The zero-order chi connectivity index (χ0) is 11.9. The van der Waals surface area contributed by atoms with Crippen LogP contribution >= 0.6 is 0 Å². The Bertz CT molecular complexity index is 420. The zero-order valence-corrected chi connectivity index (χ0v) is 10.2. The molecule has 2 heterocycles. The second kappa shape index (κ2) is 3.92. The maximum absolute atomic E-state index is 11.4. The van der Waals surface area contributed by atoms with Gasteiger partial charge in [0.25, 0.3) is 5.91 Å². The molecule has 1 aliphatic rings. The number of carbonyl (C=O) groups excluding carboxylic acids is 1. The number of carbonyl (C=O) groups is 1. The lowest BCUT2D eigenvalue weighted by atomic mass is 9.97. The standard InChI is InChI=1S/C12H19N3O/c1-7(2)12-14-10(11(13)16)9-6-8(3)4-5-15(9)12/h7-8H,4-6H2,1-3H3,(H2,13,16). The first kappa shape index (κ1) is 11.2. The number of hydrogen-bond acceptors (Lipinski definition) is 2. The van der Waals surface area contributed by atoms with Crippen LogP contribution in [-0.2, 0) is 13.0 Å². The van der Waals surface area contributed by atoms with Gasteiger partial charge < -0.3 is 10.3 Å². The first-order valence-corrected chi connectivity index (χ1v) is 5.89. The summed E-state index contributed by atoms with van der Waals surface area (Å²) in [5, 5.41) is 0. The fourth-order valence-electron chi connectivity index (χ4n) is 2.38. The van der Waals surface area contributed by atoms with Gasteiger partial charge in [-0.25, -0.2) is 4.98 Å². The highest BCUT2D eigenvalue weighted by Crippen LogP contribution is 2.27. The fourth-order valence-corrected chi connectivity index (χ4v) is 2.38. The highest BCUT2D eigenvalue weighted by Gasteiger charge is 2.26. The van der Waals surface area contributed by atoms with Crippen LogP contribution in [0.1, 0.15) is 55.1 Å². The molecule has 0 spiro atoms. The summed E-state index contributed by atoms with van der Waals surface area (Å²) in [6.07, 6.45) is 2.07. The molecule has 4 heteroatoms. The number of aromatic nitrogens is 2. The molecular formula is C12H19N3O. The predicted octanol–water partition coefficient (Wildman–Crippen LogP) is 1.69. The molecule has 0 radical (unpaired) electrons. The summed E-state index contributed by atoms with van der Waals surface area (Å²) in [6, 6.07) is 0. The lowest BCUT2D eigenvalue weighted by molar-refractivity contribution is 0.0994. The van der Waals surface area contributed by atoms with Crippen molar-refractivity contribution in [2.24, 2.45) is 11.7 Å². The number of nitrogens with two attached hydrogens (primary N) is 1. The van der Waals surface area contributed by atoms with E-state index >= 15 is 0 Å². The van der Waals surface area contributed by atoms with E-state index < -0.39 is 5.91 Å². The molecule has 88 valence electrons. The zero-order valence-electron chi connectivity index (χ0n) is 10.2. The van der Waals surface area contributed by atoms with Crippen molar-refractivity contribution in [2.45, 2.75) is 46.1 Å². The van der Waals surface area contributed by atoms with Gasteiger partial charge in [-0.15, -0.1) is 0 Å². The van der Waals surface area contributed by atoms with E-state index in [1.54, 1.807) is 0 Å². The minimum atomic E-state index is -0.398. The Kier molecular flexibility index (Phi) is 2.74. The van der Waals surface area contributed by atoms with Crippen LogP contribution in [-0.4, -0.2) is 15.5 Å². The first-order valence-electron chi connectivity index (χ1n) is 5.89. The molecule has 1 aromatic rings. The summed E-state index contributed by atoms with van der Waals surface area (Å²) >= 11 is 0. The van der Waals surface area contributed by atoms with Gasteiger partial charge >= 0.3 is 0 Å². The lowest BCUT2D eigenvalue weighted by Crippen LogP contribution is -2.22. The number of primary amides is 1. The third kappa shape index (κ3) is 1.72. The van der Waals surface area contributed by atoms with Crippen LogP contribution < -0.4 is 5.73 Å². The van der Waals surface area contributed by atoms with Crippen LogP contribution in [0.2, 0.25) is 0 Å². The van der Waals surface area contributed by atoms with Crippen molar-refractivity contribution in [3.05, 3.63) is 17.2 Å². The molecule has 4 nitrogen and oxygen atoms in total. The fraction of sp³-hybridized carbons (Fsp3) is 0.667. The Morgan fingerprint density at radius 1 is 1.56 bits per heavy atom. The number of fused-ring (bicyclic) bond motifs is 1. The molecule has 0 aliphatic carbocycles. The first-order chi connectivity index (χ1) is 7.50. The quantitative estimate of drug-likeness (QED) is 0.826. The summed E-state index contributed by atoms with van der Waals surface area (Å²) in [4.78, 5) is 15.8. The van der Waals surface area contributed by atoms with Crippen molar-refractivity contribution >= 4 is 5.91 Å². The molecule has 2 rings (SSSR count). The molecule has 0 saturated carbocycles. The smallest absolute Gasteiger partial charge is 0.269 e. The van der Waals surface area contributed by atoms with Gasteiger partial charge in [0.1, 0.15) is 11.5 Å². The van der Waals surface area contributed by atoms with E-state index in [9.17, 15) is 4.79 Å².